The molecule has 0 unspecified atom stereocenters. The molecule has 0 aliphatic rings. The Kier molecular flexibility index (Phi) is 4.02. The van der Waals surface area contributed by atoms with Crippen molar-refractivity contribution in [2.45, 2.75) is 32.6 Å². The fraction of sp³-hybridized carbons (Fsp3) is 0.600. The Hall–Kier alpha value is 0.660. The van der Waals surface area contributed by atoms with E-state index >= 15 is 0 Å². The summed E-state index contributed by atoms with van der Waals surface area (Å²) >= 11 is 8.86. The Morgan fingerprint density at radius 3 is 2.46 bits per heavy atom. The molecule has 0 spiro atoms. The van der Waals surface area contributed by atoms with Crippen molar-refractivity contribution in [2.75, 3.05) is 5.33 Å². The Bertz CT molecular complexity index is 289. The monoisotopic (exact) mass is 324 g/mol. The van der Waals surface area contributed by atoms with E-state index in [0.29, 0.717) is 0 Å². The maximum atomic E-state index is 3.53. The number of hydrogen-bond acceptors (Lipinski definition) is 1. The van der Waals surface area contributed by atoms with Gasteiger partial charge in [0.15, 0.2) is 0 Å². The lowest BCUT2D eigenvalue weighted by Crippen LogP contribution is -2.17. The van der Waals surface area contributed by atoms with Gasteiger partial charge in [-0.05, 0) is 46.3 Å². The molecule has 0 aliphatic heterocycles. The first-order valence-corrected chi connectivity index (χ1v) is 7.03. The number of alkyl halides is 1. The van der Waals surface area contributed by atoms with E-state index in [2.05, 4.69) is 58.7 Å². The van der Waals surface area contributed by atoms with Gasteiger partial charge in [-0.1, -0.05) is 29.8 Å². The van der Waals surface area contributed by atoms with E-state index in [9.17, 15) is 0 Å². The van der Waals surface area contributed by atoms with E-state index in [1.165, 1.54) is 20.6 Å². The lowest BCUT2D eigenvalue weighted by molar-refractivity contribution is 0.511. The van der Waals surface area contributed by atoms with E-state index in [1.807, 2.05) is 11.3 Å². The molecule has 0 atom stereocenters. The third kappa shape index (κ3) is 2.80. The van der Waals surface area contributed by atoms with Crippen LogP contribution in [0.1, 0.15) is 30.7 Å². The van der Waals surface area contributed by atoms with Crippen molar-refractivity contribution >= 4 is 43.2 Å². The van der Waals surface area contributed by atoms with Gasteiger partial charge in [-0.15, -0.1) is 11.3 Å². The van der Waals surface area contributed by atoms with Crippen molar-refractivity contribution in [1.29, 1.82) is 0 Å². The quantitative estimate of drug-likeness (QED) is 0.695. The topological polar surface area (TPSA) is 0 Å². The molecule has 0 aromatic carbocycles. The predicted octanol–water partition coefficient (Wildman–Crippen LogP) is 4.88. The van der Waals surface area contributed by atoms with Gasteiger partial charge in [-0.25, -0.2) is 0 Å². The molecule has 0 nitrogen and oxygen atoms in total. The first kappa shape index (κ1) is 11.7. The highest BCUT2D eigenvalue weighted by Crippen LogP contribution is 2.37. The van der Waals surface area contributed by atoms with Crippen LogP contribution in [0.15, 0.2) is 9.85 Å². The van der Waals surface area contributed by atoms with Crippen molar-refractivity contribution < 1.29 is 0 Å². The lowest BCUT2D eigenvalue weighted by Gasteiger charge is -2.23. The highest BCUT2D eigenvalue weighted by atomic mass is 79.9. The average Bonchev–Trinajstić information content (AvgIpc) is 2.30. The second kappa shape index (κ2) is 4.45. The van der Waals surface area contributed by atoms with E-state index in [4.69, 9.17) is 0 Å². The van der Waals surface area contributed by atoms with Gasteiger partial charge in [-0.3, -0.25) is 0 Å². The molecular formula is C10H14Br2S. The molecule has 0 radical (unpaired) electrons. The molecule has 0 bridgehead atoms. The van der Waals surface area contributed by atoms with Crippen LogP contribution in [0.5, 0.6) is 0 Å². The number of halogens is 2. The Morgan fingerprint density at radius 2 is 2.08 bits per heavy atom. The fourth-order valence-electron chi connectivity index (χ4n) is 1.49. The van der Waals surface area contributed by atoms with Crippen molar-refractivity contribution in [3.8, 4) is 0 Å². The summed E-state index contributed by atoms with van der Waals surface area (Å²) in [6.07, 6.45) is 1.18. The van der Waals surface area contributed by atoms with E-state index < -0.39 is 0 Å². The summed E-state index contributed by atoms with van der Waals surface area (Å²) in [5.41, 5.74) is 1.76. The molecule has 0 aliphatic carbocycles. The maximum Gasteiger partial charge on any atom is 0.0704 e. The zero-order valence-electron chi connectivity index (χ0n) is 8.16. The molecular weight excluding hydrogens is 312 g/mol. The molecule has 0 saturated carbocycles. The van der Waals surface area contributed by atoms with E-state index in [-0.39, 0.29) is 5.41 Å². The Morgan fingerprint density at radius 1 is 1.46 bits per heavy atom. The molecule has 74 valence electrons. The zero-order valence-corrected chi connectivity index (χ0v) is 12.1. The summed E-state index contributed by atoms with van der Waals surface area (Å²) in [6.45, 7) is 6.80. The van der Waals surface area contributed by atoms with Crippen LogP contribution in [0.3, 0.4) is 0 Å². The minimum absolute atomic E-state index is 0.288. The molecule has 0 fully saturated rings. The maximum absolute atomic E-state index is 3.53. The van der Waals surface area contributed by atoms with Gasteiger partial charge in [-0.2, -0.15) is 0 Å². The number of aryl methyl sites for hydroxylation is 1. The van der Waals surface area contributed by atoms with Gasteiger partial charge in [0, 0.05) is 10.2 Å². The first-order chi connectivity index (χ1) is 5.97. The minimum atomic E-state index is 0.288. The van der Waals surface area contributed by atoms with Gasteiger partial charge in [0.25, 0.3) is 0 Å². The van der Waals surface area contributed by atoms with Gasteiger partial charge in [0.05, 0.1) is 3.79 Å². The number of rotatable bonds is 3. The Balaban J connectivity index is 2.98. The van der Waals surface area contributed by atoms with E-state index in [0.717, 1.165) is 5.33 Å². The summed E-state index contributed by atoms with van der Waals surface area (Å²) in [6, 6.07) is 2.25. The molecule has 1 rings (SSSR count). The van der Waals surface area contributed by atoms with Crippen LogP contribution in [-0.4, -0.2) is 5.33 Å². The SMILES string of the molecule is Cc1sc(Br)cc1C(C)(C)CCBr. The van der Waals surface area contributed by atoms with Crippen LogP contribution < -0.4 is 0 Å². The largest absolute Gasteiger partial charge is 0.133 e. The fourth-order valence-corrected chi connectivity index (χ4v) is 4.35. The van der Waals surface area contributed by atoms with Crippen molar-refractivity contribution in [1.82, 2.24) is 0 Å². The molecule has 0 saturated heterocycles. The second-order valence-corrected chi connectivity index (χ2v) is 7.27. The minimum Gasteiger partial charge on any atom is -0.133 e. The molecule has 1 aromatic heterocycles. The zero-order chi connectivity index (χ0) is 10.1. The van der Waals surface area contributed by atoms with Crippen LogP contribution in [0, 0.1) is 6.92 Å². The highest BCUT2D eigenvalue weighted by Gasteiger charge is 2.23. The standard InChI is InChI=1S/C10H14Br2S/c1-7-8(6-9(12)13-7)10(2,3)4-5-11/h6H,4-5H2,1-3H3. The second-order valence-electron chi connectivity index (χ2n) is 3.84. The van der Waals surface area contributed by atoms with Gasteiger partial charge >= 0.3 is 0 Å². The van der Waals surface area contributed by atoms with Crippen LogP contribution in [0.4, 0.5) is 0 Å². The summed E-state index contributed by atoms with van der Waals surface area (Å²) in [7, 11) is 0. The summed E-state index contributed by atoms with van der Waals surface area (Å²) in [5, 5.41) is 1.06. The predicted molar refractivity (Wildman–Crippen MR) is 68.2 cm³/mol. The average molecular weight is 326 g/mol. The summed E-state index contributed by atoms with van der Waals surface area (Å²) < 4.78 is 1.24. The highest BCUT2D eigenvalue weighted by molar-refractivity contribution is 9.11. The number of thiophene rings is 1. The van der Waals surface area contributed by atoms with Gasteiger partial charge in [0.1, 0.15) is 0 Å². The number of hydrogen-bond donors (Lipinski definition) is 0. The summed E-state index contributed by atoms with van der Waals surface area (Å²) in [4.78, 5) is 1.43. The van der Waals surface area contributed by atoms with Crippen LogP contribution in [-0.2, 0) is 5.41 Å². The molecule has 0 N–H and O–H groups in total. The normalized spacial score (nSPS) is 12.1. The molecule has 1 aromatic rings. The van der Waals surface area contributed by atoms with Crippen molar-refractivity contribution in [3.05, 3.63) is 20.3 Å². The van der Waals surface area contributed by atoms with Crippen LogP contribution in [0.2, 0.25) is 0 Å². The molecule has 13 heavy (non-hydrogen) atoms. The summed E-state index contributed by atoms with van der Waals surface area (Å²) in [5.74, 6) is 0. The van der Waals surface area contributed by atoms with E-state index in [1.54, 1.807) is 0 Å². The molecule has 3 heteroatoms. The third-order valence-corrected chi connectivity index (χ3v) is 4.29. The molecule has 1 heterocycles. The smallest absolute Gasteiger partial charge is 0.0704 e. The third-order valence-electron chi connectivity index (χ3n) is 2.34. The van der Waals surface area contributed by atoms with Crippen molar-refractivity contribution in [3.63, 3.8) is 0 Å². The Labute approximate surface area is 101 Å². The van der Waals surface area contributed by atoms with Gasteiger partial charge in [0.2, 0.25) is 0 Å². The van der Waals surface area contributed by atoms with Crippen LogP contribution >= 0.6 is 43.2 Å². The van der Waals surface area contributed by atoms with Gasteiger partial charge < -0.3 is 0 Å². The molecule has 0 amide bonds. The first-order valence-electron chi connectivity index (χ1n) is 4.30. The van der Waals surface area contributed by atoms with Crippen molar-refractivity contribution in [2.24, 2.45) is 0 Å². The van der Waals surface area contributed by atoms with Crippen LogP contribution in [0.25, 0.3) is 0 Å². The lowest BCUT2D eigenvalue weighted by atomic mass is 9.83.